The smallest absolute Gasteiger partial charge is 0.462 e. The lowest BCUT2D eigenvalue weighted by Gasteiger charge is -2.19. The van der Waals surface area contributed by atoms with Gasteiger partial charge in [0.25, 0.3) is 0 Å². The van der Waals surface area contributed by atoms with Gasteiger partial charge in [0, 0.05) is 23.8 Å². The summed E-state index contributed by atoms with van der Waals surface area (Å²) in [5, 5.41) is 9.90. The van der Waals surface area contributed by atoms with Crippen molar-refractivity contribution in [1.29, 1.82) is 0 Å². The molecular weight excluding hydrogens is 450 g/mol. The van der Waals surface area contributed by atoms with Gasteiger partial charge in [-0.3, -0.25) is 20.0 Å². The van der Waals surface area contributed by atoms with Gasteiger partial charge in [-0.25, -0.2) is 9.59 Å². The number of anilines is 1. The Morgan fingerprint density at radius 2 is 2.06 bits per heavy atom. The number of nitrogens with two attached hydrogens (primary N) is 1. The van der Waals surface area contributed by atoms with Gasteiger partial charge < -0.3 is 29.7 Å². The maximum atomic E-state index is 12.5. The van der Waals surface area contributed by atoms with Crippen molar-refractivity contribution < 1.29 is 33.7 Å². The van der Waals surface area contributed by atoms with Crippen molar-refractivity contribution in [2.75, 3.05) is 12.1 Å². The Kier molecular flexibility index (Phi) is 5.65. The van der Waals surface area contributed by atoms with Gasteiger partial charge in [0.15, 0.2) is 24.3 Å². The number of para-hydroxylation sites is 1. The fourth-order valence-corrected chi connectivity index (χ4v) is 4.09. The Morgan fingerprint density at radius 3 is 2.82 bits per heavy atom. The van der Waals surface area contributed by atoms with Gasteiger partial charge >= 0.3 is 17.8 Å². The first kappa shape index (κ1) is 21.9. The van der Waals surface area contributed by atoms with Gasteiger partial charge in [0.1, 0.15) is 18.8 Å². The van der Waals surface area contributed by atoms with Crippen LogP contribution in [-0.2, 0) is 30.2 Å². The summed E-state index contributed by atoms with van der Waals surface area (Å²) < 4.78 is 22.5. The Morgan fingerprint density at radius 1 is 1.26 bits per heavy atom. The van der Waals surface area contributed by atoms with Crippen molar-refractivity contribution in [3.05, 3.63) is 58.8 Å². The number of fused-ring (bicyclic) bond motifs is 2. The minimum atomic E-state index is -1.06. The second kappa shape index (κ2) is 8.78. The number of rotatable bonds is 7. The third-order valence-corrected chi connectivity index (χ3v) is 5.69. The number of aromatic amines is 1. The molecule has 5 rings (SSSR count). The Balaban J connectivity index is 1.24. The van der Waals surface area contributed by atoms with Crippen LogP contribution in [0.4, 0.5) is 10.6 Å². The van der Waals surface area contributed by atoms with Crippen LogP contribution in [0, 0.1) is 0 Å². The van der Waals surface area contributed by atoms with E-state index in [2.05, 4.69) is 9.97 Å². The van der Waals surface area contributed by atoms with Crippen molar-refractivity contribution in [3.63, 3.8) is 0 Å². The largest absolute Gasteiger partial charge is 0.509 e. The third-order valence-electron chi connectivity index (χ3n) is 5.69. The van der Waals surface area contributed by atoms with Crippen molar-refractivity contribution in [2.24, 2.45) is 5.73 Å². The molecule has 2 saturated heterocycles. The molecule has 34 heavy (non-hydrogen) atoms. The molecule has 178 valence electrons. The molecule has 0 amide bonds. The Bertz CT molecular complexity index is 1260. The highest BCUT2D eigenvalue weighted by atomic mass is 16.8. The first-order valence-electron chi connectivity index (χ1n) is 10.4. The van der Waals surface area contributed by atoms with Crippen LogP contribution in [0.15, 0.2) is 47.4 Å². The van der Waals surface area contributed by atoms with E-state index in [1.54, 1.807) is 5.48 Å². The van der Waals surface area contributed by atoms with Gasteiger partial charge in [0.2, 0.25) is 0 Å². The van der Waals surface area contributed by atoms with E-state index >= 15 is 0 Å². The number of hydrogen-bond donors (Lipinski definition) is 4. The second-order valence-electron chi connectivity index (χ2n) is 7.92. The van der Waals surface area contributed by atoms with E-state index in [4.69, 9.17) is 29.9 Å². The zero-order valence-corrected chi connectivity index (χ0v) is 17.6. The number of carbonyl (C=O) groups is 2. The summed E-state index contributed by atoms with van der Waals surface area (Å²) in [7, 11) is 0. The highest BCUT2D eigenvalue weighted by Crippen LogP contribution is 2.37. The number of carbonyl (C=O) groups excluding carboxylic acids is 2. The summed E-state index contributed by atoms with van der Waals surface area (Å²) in [6, 6.07) is 9.99. The average molecular weight is 471 g/mol. The van der Waals surface area contributed by atoms with E-state index in [9.17, 15) is 14.4 Å². The molecule has 5 N–H and O–H groups in total. The summed E-state index contributed by atoms with van der Waals surface area (Å²) in [6.07, 6.45) is -3.20. The molecule has 0 saturated carbocycles. The molecule has 2 aliphatic heterocycles. The summed E-state index contributed by atoms with van der Waals surface area (Å²) in [5.74, 6) is -0.727. The normalized spacial score (nSPS) is 24.4. The summed E-state index contributed by atoms with van der Waals surface area (Å²) in [6.45, 7) is -0.272. The molecule has 0 aliphatic carbocycles. The van der Waals surface area contributed by atoms with Crippen LogP contribution < -0.4 is 16.9 Å². The van der Waals surface area contributed by atoms with Crippen LogP contribution in [0.2, 0.25) is 0 Å². The summed E-state index contributed by atoms with van der Waals surface area (Å²) >= 11 is 0. The lowest BCUT2D eigenvalue weighted by Crippen LogP contribution is -2.38. The third kappa shape index (κ3) is 4.07. The van der Waals surface area contributed by atoms with Crippen molar-refractivity contribution in [3.8, 4) is 0 Å². The molecule has 2 aliphatic rings. The zero-order valence-electron chi connectivity index (χ0n) is 17.6. The number of esters is 1. The number of nitrogens with zero attached hydrogens (tertiary/aromatic N) is 2. The first-order chi connectivity index (χ1) is 16.4. The monoisotopic (exact) mass is 471 g/mol. The highest BCUT2D eigenvalue weighted by molar-refractivity contribution is 5.81. The lowest BCUT2D eigenvalue weighted by atomic mass is 10.1. The average Bonchev–Trinajstić information content (AvgIpc) is 3.50. The van der Waals surface area contributed by atoms with Crippen LogP contribution in [-0.4, -0.2) is 62.8 Å². The topological polar surface area (TPSA) is 180 Å². The van der Waals surface area contributed by atoms with Gasteiger partial charge in [-0.2, -0.15) is 4.98 Å². The number of H-pyrrole nitrogens is 1. The number of ether oxygens (including phenoxy) is 4. The van der Waals surface area contributed by atoms with E-state index in [1.165, 1.54) is 12.3 Å². The first-order valence-corrected chi connectivity index (χ1v) is 10.4. The fraction of sp³-hybridized carbons (Fsp3) is 0.333. The molecule has 0 unspecified atom stereocenters. The fourth-order valence-electron chi connectivity index (χ4n) is 4.09. The predicted octanol–water partition coefficient (Wildman–Crippen LogP) is 0.440. The molecule has 3 aromatic rings. The van der Waals surface area contributed by atoms with Crippen molar-refractivity contribution in [2.45, 2.75) is 37.0 Å². The van der Waals surface area contributed by atoms with Crippen LogP contribution in [0.3, 0.4) is 0 Å². The van der Waals surface area contributed by atoms with E-state index < -0.39 is 48.4 Å². The Hall–Kier alpha value is -3.94. The van der Waals surface area contributed by atoms with Crippen LogP contribution >= 0.6 is 0 Å². The van der Waals surface area contributed by atoms with Crippen LogP contribution in [0.5, 0.6) is 0 Å². The minimum Gasteiger partial charge on any atom is -0.462 e. The van der Waals surface area contributed by atoms with E-state index in [0.29, 0.717) is 0 Å². The Labute approximate surface area is 191 Å². The maximum absolute atomic E-state index is 12.5. The van der Waals surface area contributed by atoms with Crippen molar-refractivity contribution >= 4 is 28.8 Å². The van der Waals surface area contributed by atoms with Gasteiger partial charge in [-0.05, 0) is 23.6 Å². The molecular formula is C21H21N5O8. The molecule has 2 aromatic heterocycles. The quantitative estimate of drug-likeness (QED) is 0.277. The van der Waals surface area contributed by atoms with Gasteiger partial charge in [-0.1, -0.05) is 18.2 Å². The molecule has 13 heteroatoms. The number of hydrogen-bond acceptors (Lipinski definition) is 11. The molecule has 2 fully saturated rings. The predicted molar refractivity (Wildman–Crippen MR) is 114 cm³/mol. The minimum absolute atomic E-state index is 0.0649. The van der Waals surface area contributed by atoms with E-state index in [1.807, 2.05) is 30.3 Å². The molecule has 5 atom stereocenters. The van der Waals surface area contributed by atoms with E-state index in [-0.39, 0.29) is 18.8 Å². The lowest BCUT2D eigenvalue weighted by molar-refractivity contribution is -0.152. The number of benzene rings is 1. The molecule has 0 bridgehead atoms. The zero-order chi connectivity index (χ0) is 23.8. The summed E-state index contributed by atoms with van der Waals surface area (Å²) in [5.41, 5.74) is 8.75. The maximum Gasteiger partial charge on any atom is 0.509 e. The SMILES string of the molecule is N[C@@H](Cc1cc2ccccc2[nH]1)C(=O)OC[C@H]1O[C@@H](n2ccc(NO)nc2=O)[C@@H]2OC(=O)O[C@@H]21. The van der Waals surface area contributed by atoms with Gasteiger partial charge in [0.05, 0.1) is 0 Å². The standard InChI is InChI=1S/C21H21N5O8/c22-12(8-11-7-10-3-1-2-4-13(10)23-11)19(27)31-9-14-16-17(34-21(29)33-16)18(32-14)26-6-5-15(25-30)24-20(26)28/h1-7,12,14,16-18,23,30H,8-9,22H2,(H,24,25,28)/t12-,14+,16+,17+,18+/m0/s1. The molecule has 0 radical (unpaired) electrons. The molecule has 0 spiro atoms. The number of aromatic nitrogens is 3. The molecule has 4 heterocycles. The van der Waals surface area contributed by atoms with E-state index in [0.717, 1.165) is 21.2 Å². The van der Waals surface area contributed by atoms with Crippen LogP contribution in [0.25, 0.3) is 10.9 Å². The molecule has 13 nitrogen and oxygen atoms in total. The number of nitrogens with one attached hydrogen (secondary N) is 2. The van der Waals surface area contributed by atoms with Gasteiger partial charge in [-0.15, -0.1) is 0 Å². The molecule has 1 aromatic carbocycles. The van der Waals surface area contributed by atoms with Crippen molar-refractivity contribution in [1.82, 2.24) is 14.5 Å². The van der Waals surface area contributed by atoms with Crippen LogP contribution in [0.1, 0.15) is 11.9 Å². The second-order valence-corrected chi connectivity index (χ2v) is 7.92. The highest BCUT2D eigenvalue weighted by Gasteiger charge is 2.55. The summed E-state index contributed by atoms with van der Waals surface area (Å²) in [4.78, 5) is 43.3.